The Hall–Kier alpha value is -1.63. The highest BCUT2D eigenvalue weighted by Crippen LogP contribution is 2.16. The van der Waals surface area contributed by atoms with Crippen LogP contribution >= 0.6 is 15.9 Å². The molecule has 0 aliphatic carbocycles. The molecule has 0 aliphatic rings. The molecule has 0 fully saturated rings. The van der Waals surface area contributed by atoms with Crippen molar-refractivity contribution >= 4 is 33.4 Å². The number of hydrogen-bond acceptors (Lipinski definition) is 5. The monoisotopic (exact) mass is 284 g/mol. The lowest BCUT2D eigenvalue weighted by Gasteiger charge is -2.03. The van der Waals surface area contributed by atoms with Gasteiger partial charge in [-0.1, -0.05) is 0 Å². The predicted octanol–water partition coefficient (Wildman–Crippen LogP) is 1.25. The molecular formula is C9H9BrN4O2. The fraction of sp³-hybridized carbons (Fsp3) is 0.222. The van der Waals surface area contributed by atoms with E-state index in [4.69, 9.17) is 10.5 Å². The minimum Gasteiger partial charge on any atom is -0.461 e. The highest BCUT2D eigenvalue weighted by atomic mass is 79.9. The second-order valence-electron chi connectivity index (χ2n) is 3.01. The van der Waals surface area contributed by atoms with Gasteiger partial charge in [0.15, 0.2) is 17.2 Å². The van der Waals surface area contributed by atoms with Crippen LogP contribution in [0.3, 0.4) is 0 Å². The second kappa shape index (κ2) is 4.09. The molecule has 2 aromatic heterocycles. The van der Waals surface area contributed by atoms with E-state index in [0.717, 1.165) is 0 Å². The smallest absolute Gasteiger partial charge is 0.356 e. The van der Waals surface area contributed by atoms with Crippen LogP contribution in [0.15, 0.2) is 17.0 Å². The van der Waals surface area contributed by atoms with E-state index in [1.165, 1.54) is 6.20 Å². The molecule has 2 heterocycles. The van der Waals surface area contributed by atoms with Crippen molar-refractivity contribution in [3.63, 3.8) is 0 Å². The zero-order valence-electron chi connectivity index (χ0n) is 8.48. The van der Waals surface area contributed by atoms with Gasteiger partial charge in [-0.05, 0) is 22.9 Å². The number of imidazole rings is 1. The first-order valence-corrected chi connectivity index (χ1v) is 5.39. The molecule has 0 aromatic carbocycles. The number of halogens is 1. The highest BCUT2D eigenvalue weighted by Gasteiger charge is 2.15. The molecule has 0 saturated heterocycles. The molecule has 2 aromatic rings. The van der Waals surface area contributed by atoms with E-state index in [2.05, 4.69) is 25.9 Å². The summed E-state index contributed by atoms with van der Waals surface area (Å²) in [6.07, 6.45) is 3.03. The molecule has 2 N–H and O–H groups in total. The van der Waals surface area contributed by atoms with Gasteiger partial charge in [-0.15, -0.1) is 0 Å². The Morgan fingerprint density at radius 2 is 2.44 bits per heavy atom. The van der Waals surface area contributed by atoms with E-state index < -0.39 is 5.97 Å². The third-order valence-corrected chi connectivity index (χ3v) is 2.36. The normalized spacial score (nSPS) is 10.6. The van der Waals surface area contributed by atoms with Crippen LogP contribution in [-0.2, 0) is 4.74 Å². The zero-order valence-corrected chi connectivity index (χ0v) is 10.1. The number of carbonyl (C=O) groups is 1. The van der Waals surface area contributed by atoms with E-state index in [1.54, 1.807) is 17.5 Å². The van der Waals surface area contributed by atoms with Gasteiger partial charge in [0, 0.05) is 6.20 Å². The van der Waals surface area contributed by atoms with Crippen LogP contribution in [0.5, 0.6) is 0 Å². The predicted molar refractivity (Wildman–Crippen MR) is 61.1 cm³/mol. The summed E-state index contributed by atoms with van der Waals surface area (Å²) in [5.41, 5.74) is 6.43. The molecule has 6 nitrogen and oxygen atoms in total. The number of nitrogen functional groups attached to an aromatic ring is 1. The van der Waals surface area contributed by atoms with E-state index in [9.17, 15) is 4.79 Å². The van der Waals surface area contributed by atoms with Gasteiger partial charge in [0.05, 0.1) is 12.8 Å². The molecule has 0 bridgehead atoms. The SMILES string of the molecule is CCOC(=O)c1cnc2c(N)nc(Br)cn12. The maximum Gasteiger partial charge on any atom is 0.356 e. The molecule has 0 atom stereocenters. The Morgan fingerprint density at radius 1 is 1.69 bits per heavy atom. The number of rotatable bonds is 2. The van der Waals surface area contributed by atoms with Gasteiger partial charge in [-0.25, -0.2) is 14.8 Å². The average Bonchev–Trinajstić information content (AvgIpc) is 2.61. The van der Waals surface area contributed by atoms with Gasteiger partial charge >= 0.3 is 5.97 Å². The number of esters is 1. The summed E-state index contributed by atoms with van der Waals surface area (Å²) in [6.45, 7) is 2.06. The van der Waals surface area contributed by atoms with Crippen LogP contribution < -0.4 is 5.73 Å². The van der Waals surface area contributed by atoms with Crippen molar-refractivity contribution in [3.8, 4) is 0 Å². The van der Waals surface area contributed by atoms with Gasteiger partial charge in [0.2, 0.25) is 0 Å². The summed E-state index contributed by atoms with van der Waals surface area (Å²) >= 11 is 3.20. The first kappa shape index (κ1) is 10.9. The maximum atomic E-state index is 11.6. The summed E-state index contributed by atoms with van der Waals surface area (Å²) < 4.78 is 6.97. The van der Waals surface area contributed by atoms with E-state index in [1.807, 2.05) is 0 Å². The van der Waals surface area contributed by atoms with Gasteiger partial charge in [0.1, 0.15) is 4.60 Å². The summed E-state index contributed by atoms with van der Waals surface area (Å²) in [4.78, 5) is 19.6. The van der Waals surface area contributed by atoms with E-state index >= 15 is 0 Å². The second-order valence-corrected chi connectivity index (χ2v) is 3.82. The summed E-state index contributed by atoms with van der Waals surface area (Å²) in [6, 6.07) is 0. The number of hydrogen-bond donors (Lipinski definition) is 1. The third kappa shape index (κ3) is 1.73. The fourth-order valence-corrected chi connectivity index (χ4v) is 1.73. The molecule has 0 amide bonds. The molecule has 0 spiro atoms. The zero-order chi connectivity index (χ0) is 11.7. The number of ether oxygens (including phenoxy) is 1. The first-order chi connectivity index (χ1) is 7.63. The molecule has 16 heavy (non-hydrogen) atoms. The number of nitrogens with zero attached hydrogens (tertiary/aromatic N) is 3. The summed E-state index contributed by atoms with van der Waals surface area (Å²) in [5.74, 6) is -0.183. The Morgan fingerprint density at radius 3 is 3.12 bits per heavy atom. The number of nitrogens with two attached hydrogens (primary N) is 1. The van der Waals surface area contributed by atoms with Crippen molar-refractivity contribution in [1.29, 1.82) is 0 Å². The van der Waals surface area contributed by atoms with E-state index in [0.29, 0.717) is 22.6 Å². The average molecular weight is 285 g/mol. The topological polar surface area (TPSA) is 82.5 Å². The lowest BCUT2D eigenvalue weighted by atomic mass is 10.5. The Balaban J connectivity index is 2.60. The number of fused-ring (bicyclic) bond motifs is 1. The van der Waals surface area contributed by atoms with Gasteiger partial charge in [0.25, 0.3) is 0 Å². The van der Waals surface area contributed by atoms with Crippen LogP contribution in [0, 0.1) is 0 Å². The van der Waals surface area contributed by atoms with Crippen molar-refractivity contribution in [3.05, 3.63) is 22.7 Å². The Kier molecular flexibility index (Phi) is 2.78. The molecule has 84 valence electrons. The van der Waals surface area contributed by atoms with Gasteiger partial charge in [-0.3, -0.25) is 4.40 Å². The standard InChI is InChI=1S/C9H9BrN4O2/c1-2-16-9(15)5-3-12-8-7(11)13-6(10)4-14(5)8/h3-4H,2H2,1H3,(H2,11,13). The number of anilines is 1. The minimum absolute atomic E-state index is 0.255. The fourth-order valence-electron chi connectivity index (χ4n) is 1.34. The van der Waals surface area contributed by atoms with Crippen molar-refractivity contribution in [2.24, 2.45) is 0 Å². The van der Waals surface area contributed by atoms with Crippen LogP contribution in [0.25, 0.3) is 5.65 Å². The Bertz CT molecular complexity index is 552. The number of aromatic nitrogens is 3. The van der Waals surface area contributed by atoms with E-state index in [-0.39, 0.29) is 5.82 Å². The van der Waals surface area contributed by atoms with Crippen molar-refractivity contribution < 1.29 is 9.53 Å². The Labute approximate surface area is 99.6 Å². The molecule has 0 unspecified atom stereocenters. The van der Waals surface area contributed by atoms with Crippen LogP contribution in [0.4, 0.5) is 5.82 Å². The first-order valence-electron chi connectivity index (χ1n) is 4.59. The quantitative estimate of drug-likeness (QED) is 0.840. The van der Waals surface area contributed by atoms with Crippen LogP contribution in [0.1, 0.15) is 17.4 Å². The van der Waals surface area contributed by atoms with Gasteiger partial charge in [-0.2, -0.15) is 0 Å². The lowest BCUT2D eigenvalue weighted by Crippen LogP contribution is -2.08. The minimum atomic E-state index is -0.438. The van der Waals surface area contributed by atoms with Crippen molar-refractivity contribution in [2.45, 2.75) is 6.92 Å². The summed E-state index contributed by atoms with van der Waals surface area (Å²) in [7, 11) is 0. The largest absolute Gasteiger partial charge is 0.461 e. The molecule has 2 rings (SSSR count). The van der Waals surface area contributed by atoms with Crippen molar-refractivity contribution in [2.75, 3.05) is 12.3 Å². The molecule has 0 radical (unpaired) electrons. The van der Waals surface area contributed by atoms with Gasteiger partial charge < -0.3 is 10.5 Å². The maximum absolute atomic E-state index is 11.6. The molecule has 0 saturated carbocycles. The van der Waals surface area contributed by atoms with Crippen LogP contribution in [-0.4, -0.2) is 26.9 Å². The molecular weight excluding hydrogens is 276 g/mol. The van der Waals surface area contributed by atoms with Crippen LogP contribution in [0.2, 0.25) is 0 Å². The van der Waals surface area contributed by atoms with Crippen molar-refractivity contribution in [1.82, 2.24) is 14.4 Å². The highest BCUT2D eigenvalue weighted by molar-refractivity contribution is 9.10. The molecule has 7 heteroatoms. The molecule has 0 aliphatic heterocycles. The number of carbonyl (C=O) groups excluding carboxylic acids is 1. The lowest BCUT2D eigenvalue weighted by molar-refractivity contribution is 0.0518. The summed E-state index contributed by atoms with van der Waals surface area (Å²) in [5, 5.41) is 0. The third-order valence-electron chi connectivity index (χ3n) is 1.97.